The molecule has 0 aromatic carbocycles. The third kappa shape index (κ3) is 3.50. The summed E-state index contributed by atoms with van der Waals surface area (Å²) in [7, 11) is 0. The normalized spacial score (nSPS) is 26.4. The van der Waals surface area contributed by atoms with E-state index in [9.17, 15) is 4.79 Å². The second-order valence-electron chi connectivity index (χ2n) is 3.77. The van der Waals surface area contributed by atoms with Crippen LogP contribution in [0.5, 0.6) is 0 Å². The maximum atomic E-state index is 11.4. The Balaban J connectivity index is 2.25. The van der Waals surface area contributed by atoms with Gasteiger partial charge in [0.05, 0.1) is 0 Å². The molecule has 0 bridgehead atoms. The highest BCUT2D eigenvalue weighted by Gasteiger charge is 2.27. The predicted molar refractivity (Wildman–Crippen MR) is 61.4 cm³/mol. The maximum absolute atomic E-state index is 11.4. The van der Waals surface area contributed by atoms with Gasteiger partial charge in [-0.3, -0.25) is 4.79 Å². The fourth-order valence-corrected chi connectivity index (χ4v) is 2.85. The van der Waals surface area contributed by atoms with Crippen molar-refractivity contribution >= 4 is 17.7 Å². The molecule has 0 aromatic heterocycles. The first kappa shape index (κ1) is 11.9. The van der Waals surface area contributed by atoms with Gasteiger partial charge in [-0.25, -0.2) is 0 Å². The summed E-state index contributed by atoms with van der Waals surface area (Å²) >= 11 is 1.87. The van der Waals surface area contributed by atoms with Crippen molar-refractivity contribution in [1.29, 1.82) is 0 Å². The monoisotopic (exact) mass is 216 g/mol. The number of carbonyl (C=O) groups excluding carboxylic acids is 1. The topological polar surface area (TPSA) is 55.1 Å². The quantitative estimate of drug-likeness (QED) is 0.724. The van der Waals surface area contributed by atoms with Crippen LogP contribution in [-0.4, -0.2) is 30.0 Å². The molecule has 3 N–H and O–H groups in total. The number of hydrogen-bond acceptors (Lipinski definition) is 3. The van der Waals surface area contributed by atoms with Gasteiger partial charge in [-0.15, -0.1) is 0 Å². The van der Waals surface area contributed by atoms with Crippen LogP contribution < -0.4 is 11.1 Å². The largest absolute Gasteiger partial charge is 0.352 e. The van der Waals surface area contributed by atoms with Crippen molar-refractivity contribution < 1.29 is 4.79 Å². The summed E-state index contributed by atoms with van der Waals surface area (Å²) in [6, 6.07) is 0.398. The minimum absolute atomic E-state index is 0.168. The van der Waals surface area contributed by atoms with E-state index in [4.69, 9.17) is 5.73 Å². The van der Waals surface area contributed by atoms with E-state index in [1.54, 1.807) is 0 Å². The highest BCUT2D eigenvalue weighted by Crippen LogP contribution is 2.28. The zero-order chi connectivity index (χ0) is 10.4. The molecule has 14 heavy (non-hydrogen) atoms. The zero-order valence-corrected chi connectivity index (χ0v) is 9.61. The molecule has 0 heterocycles. The molecular formula is C10H20N2OS. The molecule has 1 saturated carbocycles. The third-order valence-electron chi connectivity index (χ3n) is 2.71. The van der Waals surface area contributed by atoms with Crippen molar-refractivity contribution in [2.45, 2.75) is 43.4 Å². The van der Waals surface area contributed by atoms with Gasteiger partial charge in [0, 0.05) is 17.7 Å². The van der Waals surface area contributed by atoms with Gasteiger partial charge in [0.2, 0.25) is 5.91 Å². The number of nitrogens with one attached hydrogen (secondary N) is 1. The maximum Gasteiger partial charge on any atom is 0.220 e. The van der Waals surface area contributed by atoms with E-state index >= 15 is 0 Å². The van der Waals surface area contributed by atoms with Crippen LogP contribution in [0.25, 0.3) is 0 Å². The van der Waals surface area contributed by atoms with Crippen molar-refractivity contribution in [2.75, 3.05) is 12.8 Å². The molecule has 0 radical (unpaired) electrons. The summed E-state index contributed by atoms with van der Waals surface area (Å²) < 4.78 is 0. The molecule has 1 aliphatic rings. The van der Waals surface area contributed by atoms with Crippen LogP contribution in [0.2, 0.25) is 0 Å². The van der Waals surface area contributed by atoms with Crippen LogP contribution in [-0.2, 0) is 4.79 Å². The molecule has 0 aliphatic heterocycles. The SMILES string of the molecule is CSC1CCCC1NC(=O)CCCN. The molecule has 1 amide bonds. The Labute approximate surface area is 90.2 Å². The first-order chi connectivity index (χ1) is 6.77. The molecule has 82 valence electrons. The number of nitrogens with two attached hydrogens (primary N) is 1. The standard InChI is InChI=1S/C10H20N2OS/c1-14-9-5-2-4-8(9)12-10(13)6-3-7-11/h8-9H,2-7,11H2,1H3,(H,12,13). The lowest BCUT2D eigenvalue weighted by molar-refractivity contribution is -0.121. The van der Waals surface area contributed by atoms with Crippen LogP contribution in [0.3, 0.4) is 0 Å². The minimum Gasteiger partial charge on any atom is -0.352 e. The molecule has 0 spiro atoms. The van der Waals surface area contributed by atoms with Gasteiger partial charge in [-0.2, -0.15) is 11.8 Å². The van der Waals surface area contributed by atoms with Crippen molar-refractivity contribution in [3.8, 4) is 0 Å². The van der Waals surface area contributed by atoms with Gasteiger partial charge in [-0.1, -0.05) is 6.42 Å². The highest BCUT2D eigenvalue weighted by atomic mass is 32.2. The predicted octanol–water partition coefficient (Wildman–Crippen LogP) is 1.13. The molecule has 2 unspecified atom stereocenters. The van der Waals surface area contributed by atoms with Gasteiger partial charge < -0.3 is 11.1 Å². The smallest absolute Gasteiger partial charge is 0.220 e. The summed E-state index contributed by atoms with van der Waals surface area (Å²) in [5.41, 5.74) is 5.35. The van der Waals surface area contributed by atoms with Crippen molar-refractivity contribution in [3.63, 3.8) is 0 Å². The van der Waals surface area contributed by atoms with Crippen LogP contribution in [0.15, 0.2) is 0 Å². The summed E-state index contributed by atoms with van der Waals surface area (Å²) in [6.45, 7) is 0.601. The third-order valence-corrected chi connectivity index (χ3v) is 3.88. The van der Waals surface area contributed by atoms with E-state index in [1.807, 2.05) is 11.8 Å². The average Bonchev–Trinajstić information content (AvgIpc) is 2.62. The number of rotatable bonds is 5. The van der Waals surface area contributed by atoms with Gasteiger partial charge in [0.15, 0.2) is 0 Å². The Morgan fingerprint density at radius 1 is 1.57 bits per heavy atom. The van der Waals surface area contributed by atoms with E-state index in [0.717, 1.165) is 12.8 Å². The van der Waals surface area contributed by atoms with Gasteiger partial charge in [0.1, 0.15) is 0 Å². The van der Waals surface area contributed by atoms with E-state index in [0.29, 0.717) is 24.3 Å². The Hall–Kier alpha value is -0.220. The second-order valence-corrected chi connectivity index (χ2v) is 4.85. The Bertz CT molecular complexity index is 187. The molecule has 4 heteroatoms. The van der Waals surface area contributed by atoms with Gasteiger partial charge in [-0.05, 0) is 32.1 Å². The van der Waals surface area contributed by atoms with Gasteiger partial charge >= 0.3 is 0 Å². The summed E-state index contributed by atoms with van der Waals surface area (Å²) in [5, 5.41) is 3.72. The lowest BCUT2D eigenvalue weighted by atomic mass is 10.2. The van der Waals surface area contributed by atoms with Crippen LogP contribution in [0, 0.1) is 0 Å². The molecule has 0 saturated heterocycles. The number of hydrogen-bond donors (Lipinski definition) is 2. The van der Waals surface area contributed by atoms with Crippen LogP contribution in [0.4, 0.5) is 0 Å². The Kier molecular flexibility index (Phi) is 5.33. The number of carbonyl (C=O) groups is 1. The van der Waals surface area contributed by atoms with E-state index in [1.165, 1.54) is 12.8 Å². The first-order valence-electron chi connectivity index (χ1n) is 5.30. The van der Waals surface area contributed by atoms with Gasteiger partial charge in [0.25, 0.3) is 0 Å². The molecule has 2 atom stereocenters. The number of thioether (sulfide) groups is 1. The van der Waals surface area contributed by atoms with E-state index < -0.39 is 0 Å². The zero-order valence-electron chi connectivity index (χ0n) is 8.79. The molecular weight excluding hydrogens is 196 g/mol. The number of amides is 1. The van der Waals surface area contributed by atoms with Crippen LogP contribution >= 0.6 is 11.8 Å². The second kappa shape index (κ2) is 6.30. The van der Waals surface area contributed by atoms with E-state index in [2.05, 4.69) is 11.6 Å². The molecule has 0 aromatic rings. The lowest BCUT2D eigenvalue weighted by Gasteiger charge is -2.18. The highest BCUT2D eigenvalue weighted by molar-refractivity contribution is 7.99. The summed E-state index contributed by atoms with van der Waals surface area (Å²) in [5.74, 6) is 0.168. The molecule has 1 rings (SSSR count). The average molecular weight is 216 g/mol. The van der Waals surface area contributed by atoms with Crippen molar-refractivity contribution in [3.05, 3.63) is 0 Å². The summed E-state index contributed by atoms with van der Waals surface area (Å²) in [6.07, 6.45) is 7.11. The summed E-state index contributed by atoms with van der Waals surface area (Å²) in [4.78, 5) is 11.4. The lowest BCUT2D eigenvalue weighted by Crippen LogP contribution is -2.38. The van der Waals surface area contributed by atoms with Crippen molar-refractivity contribution in [2.24, 2.45) is 5.73 Å². The van der Waals surface area contributed by atoms with E-state index in [-0.39, 0.29) is 5.91 Å². The fraction of sp³-hybridized carbons (Fsp3) is 0.900. The van der Waals surface area contributed by atoms with Crippen LogP contribution in [0.1, 0.15) is 32.1 Å². The minimum atomic E-state index is 0.168. The first-order valence-corrected chi connectivity index (χ1v) is 6.59. The Morgan fingerprint density at radius 3 is 3.00 bits per heavy atom. The Morgan fingerprint density at radius 2 is 2.36 bits per heavy atom. The molecule has 1 fully saturated rings. The molecule has 1 aliphatic carbocycles. The van der Waals surface area contributed by atoms with Crippen molar-refractivity contribution in [1.82, 2.24) is 5.32 Å². The molecule has 3 nitrogen and oxygen atoms in total. The fourth-order valence-electron chi connectivity index (χ4n) is 1.91.